The average molecular weight is 572 g/mol. The molecule has 0 heterocycles. The summed E-state index contributed by atoms with van der Waals surface area (Å²) in [4.78, 5) is 27.9. The Hall–Kier alpha value is -3.56. The van der Waals surface area contributed by atoms with Gasteiger partial charge in [0.2, 0.25) is 21.8 Å². The molecule has 0 aliphatic carbocycles. The number of amides is 2. The standard InChI is InChI=1S/C29H34ClN3O5S/c1-4-5-18-31-29(35)22(2)32(20-23-10-9-11-24(30)19-23)28(34)21-33(39(3,36)37)25-14-16-27(17-15-25)38-26-12-7-6-8-13-26/h6-17,19,22H,4-5,18,20-21H2,1-3H3,(H,31,35)/t22-/m0/s1. The van der Waals surface area contributed by atoms with E-state index >= 15 is 0 Å². The summed E-state index contributed by atoms with van der Waals surface area (Å²) < 4.78 is 32.4. The molecule has 8 nitrogen and oxygen atoms in total. The fraction of sp³-hybridized carbons (Fsp3) is 0.310. The van der Waals surface area contributed by atoms with E-state index in [2.05, 4.69) is 5.32 Å². The number of anilines is 1. The second kappa shape index (κ2) is 14.0. The molecule has 0 aromatic heterocycles. The first-order chi connectivity index (χ1) is 18.6. The van der Waals surface area contributed by atoms with Crippen molar-refractivity contribution in [2.75, 3.05) is 23.7 Å². The summed E-state index contributed by atoms with van der Waals surface area (Å²) in [7, 11) is -3.84. The summed E-state index contributed by atoms with van der Waals surface area (Å²) in [6.07, 6.45) is 2.77. The molecule has 0 aliphatic heterocycles. The molecule has 0 fully saturated rings. The van der Waals surface area contributed by atoms with Crippen LogP contribution in [0.25, 0.3) is 0 Å². The molecular formula is C29H34ClN3O5S. The van der Waals surface area contributed by atoms with Gasteiger partial charge in [0, 0.05) is 18.1 Å². The number of hydrogen-bond donors (Lipinski definition) is 1. The number of para-hydroxylation sites is 1. The third-order valence-electron chi connectivity index (χ3n) is 6.02. The van der Waals surface area contributed by atoms with Gasteiger partial charge in [-0.05, 0) is 67.4 Å². The number of unbranched alkanes of at least 4 members (excludes halogenated alkanes) is 1. The Morgan fingerprint density at radius 2 is 1.64 bits per heavy atom. The molecule has 0 saturated carbocycles. The molecule has 3 aromatic carbocycles. The van der Waals surface area contributed by atoms with E-state index < -0.39 is 28.5 Å². The van der Waals surface area contributed by atoms with Gasteiger partial charge in [-0.3, -0.25) is 13.9 Å². The quantitative estimate of drug-likeness (QED) is 0.283. The van der Waals surface area contributed by atoms with E-state index in [4.69, 9.17) is 16.3 Å². The van der Waals surface area contributed by atoms with Crippen molar-refractivity contribution in [3.8, 4) is 11.5 Å². The zero-order valence-electron chi connectivity index (χ0n) is 22.3. The van der Waals surface area contributed by atoms with E-state index in [1.807, 2.05) is 37.3 Å². The topological polar surface area (TPSA) is 96.0 Å². The van der Waals surface area contributed by atoms with Gasteiger partial charge in [0.05, 0.1) is 11.9 Å². The number of halogens is 1. The van der Waals surface area contributed by atoms with Crippen LogP contribution in [0.1, 0.15) is 32.3 Å². The first-order valence-electron chi connectivity index (χ1n) is 12.7. The molecule has 39 heavy (non-hydrogen) atoms. The minimum absolute atomic E-state index is 0.0865. The molecule has 0 unspecified atom stereocenters. The fourth-order valence-electron chi connectivity index (χ4n) is 3.87. The highest BCUT2D eigenvalue weighted by Gasteiger charge is 2.30. The molecule has 0 spiro atoms. The summed E-state index contributed by atoms with van der Waals surface area (Å²) >= 11 is 6.14. The van der Waals surface area contributed by atoms with Crippen molar-refractivity contribution in [3.63, 3.8) is 0 Å². The third-order valence-corrected chi connectivity index (χ3v) is 7.40. The largest absolute Gasteiger partial charge is 0.457 e. The predicted molar refractivity (Wildman–Crippen MR) is 155 cm³/mol. The molecule has 1 N–H and O–H groups in total. The zero-order valence-corrected chi connectivity index (χ0v) is 23.9. The maximum atomic E-state index is 13.6. The van der Waals surface area contributed by atoms with E-state index in [9.17, 15) is 18.0 Å². The van der Waals surface area contributed by atoms with Crippen molar-refractivity contribution in [1.29, 1.82) is 0 Å². The van der Waals surface area contributed by atoms with Gasteiger partial charge in [-0.2, -0.15) is 0 Å². The van der Waals surface area contributed by atoms with Gasteiger partial charge in [-0.1, -0.05) is 55.3 Å². The Morgan fingerprint density at radius 1 is 0.974 bits per heavy atom. The van der Waals surface area contributed by atoms with Crippen LogP contribution < -0.4 is 14.4 Å². The van der Waals surface area contributed by atoms with Crippen molar-refractivity contribution in [2.24, 2.45) is 0 Å². The lowest BCUT2D eigenvalue weighted by Crippen LogP contribution is -2.51. The van der Waals surface area contributed by atoms with Crippen molar-refractivity contribution in [2.45, 2.75) is 39.3 Å². The monoisotopic (exact) mass is 571 g/mol. The predicted octanol–water partition coefficient (Wildman–Crippen LogP) is 5.23. The minimum Gasteiger partial charge on any atom is -0.457 e. The maximum absolute atomic E-state index is 13.6. The maximum Gasteiger partial charge on any atom is 0.244 e. The molecule has 0 radical (unpaired) electrons. The van der Waals surface area contributed by atoms with Crippen molar-refractivity contribution >= 4 is 39.1 Å². The number of sulfonamides is 1. The summed E-state index contributed by atoms with van der Waals surface area (Å²) in [6, 6.07) is 21.8. The lowest BCUT2D eigenvalue weighted by molar-refractivity contribution is -0.139. The molecule has 1 atom stereocenters. The van der Waals surface area contributed by atoms with E-state index in [1.54, 1.807) is 55.5 Å². The van der Waals surface area contributed by atoms with Crippen LogP contribution in [0.2, 0.25) is 5.02 Å². The lowest BCUT2D eigenvalue weighted by Gasteiger charge is -2.31. The number of benzene rings is 3. The number of hydrogen-bond acceptors (Lipinski definition) is 5. The SMILES string of the molecule is CCCCNC(=O)[C@H](C)N(Cc1cccc(Cl)c1)C(=O)CN(c1ccc(Oc2ccccc2)cc1)S(C)(=O)=O. The molecule has 2 amide bonds. The van der Waals surface area contributed by atoms with Crippen LogP contribution in [0.15, 0.2) is 78.9 Å². The highest BCUT2D eigenvalue weighted by Crippen LogP contribution is 2.26. The molecule has 208 valence electrons. The first kappa shape index (κ1) is 30.0. The van der Waals surface area contributed by atoms with Crippen LogP contribution in [-0.4, -0.2) is 50.5 Å². The van der Waals surface area contributed by atoms with Gasteiger partial charge < -0.3 is 15.0 Å². The van der Waals surface area contributed by atoms with Gasteiger partial charge >= 0.3 is 0 Å². The van der Waals surface area contributed by atoms with Crippen LogP contribution in [0, 0.1) is 0 Å². The molecule has 3 rings (SSSR count). The Kier molecular flexibility index (Phi) is 10.8. The third kappa shape index (κ3) is 9.01. The number of rotatable bonds is 13. The van der Waals surface area contributed by atoms with E-state index in [-0.39, 0.29) is 12.5 Å². The second-order valence-electron chi connectivity index (χ2n) is 9.15. The van der Waals surface area contributed by atoms with Crippen LogP contribution in [-0.2, 0) is 26.2 Å². The Labute approximate surface area is 235 Å². The van der Waals surface area contributed by atoms with E-state index in [0.29, 0.717) is 28.8 Å². The number of nitrogens with one attached hydrogen (secondary N) is 1. The van der Waals surface area contributed by atoms with Gasteiger partial charge in [0.15, 0.2) is 0 Å². The van der Waals surface area contributed by atoms with Crippen LogP contribution >= 0.6 is 11.6 Å². The number of carbonyl (C=O) groups excluding carboxylic acids is 2. The number of nitrogens with zero attached hydrogens (tertiary/aromatic N) is 2. The second-order valence-corrected chi connectivity index (χ2v) is 11.5. The van der Waals surface area contributed by atoms with Crippen molar-refractivity contribution in [3.05, 3.63) is 89.4 Å². The molecule has 3 aromatic rings. The Bertz CT molecular complexity index is 1350. The van der Waals surface area contributed by atoms with E-state index in [1.165, 1.54) is 4.90 Å². The summed E-state index contributed by atoms with van der Waals surface area (Å²) in [5.41, 5.74) is 1.02. The summed E-state index contributed by atoms with van der Waals surface area (Å²) in [5.74, 6) is 0.322. The first-order valence-corrected chi connectivity index (χ1v) is 14.9. The van der Waals surface area contributed by atoms with Crippen molar-refractivity contribution in [1.82, 2.24) is 10.2 Å². The van der Waals surface area contributed by atoms with Gasteiger partial charge in [-0.15, -0.1) is 0 Å². The lowest BCUT2D eigenvalue weighted by atomic mass is 10.1. The number of ether oxygens (including phenoxy) is 1. The average Bonchev–Trinajstić information content (AvgIpc) is 2.90. The highest BCUT2D eigenvalue weighted by atomic mass is 35.5. The van der Waals surface area contributed by atoms with Gasteiger partial charge in [0.1, 0.15) is 24.1 Å². The molecule has 0 aliphatic rings. The Morgan fingerprint density at radius 3 is 2.26 bits per heavy atom. The van der Waals surface area contributed by atoms with Crippen LogP contribution in [0.5, 0.6) is 11.5 Å². The normalized spacial score (nSPS) is 11.9. The fourth-order valence-corrected chi connectivity index (χ4v) is 4.93. The highest BCUT2D eigenvalue weighted by molar-refractivity contribution is 7.92. The van der Waals surface area contributed by atoms with Crippen molar-refractivity contribution < 1.29 is 22.7 Å². The smallest absolute Gasteiger partial charge is 0.244 e. The van der Waals surface area contributed by atoms with E-state index in [0.717, 1.165) is 29.0 Å². The summed E-state index contributed by atoms with van der Waals surface area (Å²) in [6.45, 7) is 3.74. The number of carbonyl (C=O) groups is 2. The Balaban J connectivity index is 1.84. The molecule has 0 saturated heterocycles. The zero-order chi connectivity index (χ0) is 28.4. The van der Waals surface area contributed by atoms with Gasteiger partial charge in [-0.25, -0.2) is 8.42 Å². The minimum atomic E-state index is -3.84. The molecular weight excluding hydrogens is 538 g/mol. The summed E-state index contributed by atoms with van der Waals surface area (Å²) in [5, 5.41) is 3.35. The van der Waals surface area contributed by atoms with Crippen LogP contribution in [0.4, 0.5) is 5.69 Å². The van der Waals surface area contributed by atoms with Crippen LogP contribution in [0.3, 0.4) is 0 Å². The molecule has 10 heteroatoms. The van der Waals surface area contributed by atoms with Gasteiger partial charge in [0.25, 0.3) is 0 Å². The molecule has 0 bridgehead atoms.